The summed E-state index contributed by atoms with van der Waals surface area (Å²) < 4.78 is 1.53. The fourth-order valence-corrected chi connectivity index (χ4v) is 4.63. The Labute approximate surface area is 171 Å². The standard InChI is InChI=1S/C21H18ClN3O2S/c1-13-12-18(26)20(24-25(13)17-8-4-3-7-15(17)22)21(27)23-16-10-11-28-19-9-5-2-6-14(16)19/h2-9,12,16H,10-11H2,1H3,(H,23,27). The first-order chi connectivity index (χ1) is 13.5. The van der Waals surface area contributed by atoms with Gasteiger partial charge in [-0.15, -0.1) is 11.8 Å². The molecule has 5 nitrogen and oxygen atoms in total. The minimum atomic E-state index is -0.475. The minimum absolute atomic E-state index is 0.138. The van der Waals surface area contributed by atoms with Gasteiger partial charge in [0.25, 0.3) is 5.91 Å². The Kier molecular flexibility index (Phi) is 5.24. The second kappa shape index (κ2) is 7.81. The molecule has 1 unspecified atom stereocenters. The summed E-state index contributed by atoms with van der Waals surface area (Å²) in [5.74, 6) is 0.435. The molecule has 1 amide bonds. The molecule has 1 aromatic heterocycles. The molecule has 0 aliphatic carbocycles. The summed E-state index contributed by atoms with van der Waals surface area (Å²) in [6, 6.07) is 16.5. The number of benzene rings is 2. The summed E-state index contributed by atoms with van der Waals surface area (Å²) in [7, 11) is 0. The smallest absolute Gasteiger partial charge is 0.276 e. The molecule has 1 aliphatic heterocycles. The van der Waals surface area contributed by atoms with E-state index in [1.54, 1.807) is 30.8 Å². The second-order valence-electron chi connectivity index (χ2n) is 6.56. The number of aryl methyl sites for hydroxylation is 1. The minimum Gasteiger partial charge on any atom is -0.344 e. The van der Waals surface area contributed by atoms with Crippen LogP contribution in [0.3, 0.4) is 0 Å². The van der Waals surface area contributed by atoms with E-state index in [4.69, 9.17) is 11.6 Å². The number of aromatic nitrogens is 2. The van der Waals surface area contributed by atoms with Crippen LogP contribution in [0.1, 0.15) is 34.2 Å². The Bertz CT molecular complexity index is 1110. The van der Waals surface area contributed by atoms with Crippen molar-refractivity contribution in [3.8, 4) is 5.69 Å². The molecule has 2 heterocycles. The number of carbonyl (C=O) groups is 1. The van der Waals surface area contributed by atoms with Crippen LogP contribution in [0, 0.1) is 6.92 Å². The molecular weight excluding hydrogens is 394 g/mol. The highest BCUT2D eigenvalue weighted by Gasteiger charge is 2.24. The van der Waals surface area contributed by atoms with Crippen molar-refractivity contribution in [2.45, 2.75) is 24.3 Å². The Morgan fingerprint density at radius 3 is 2.79 bits per heavy atom. The van der Waals surface area contributed by atoms with Gasteiger partial charge < -0.3 is 5.32 Å². The van der Waals surface area contributed by atoms with Crippen molar-refractivity contribution in [2.24, 2.45) is 0 Å². The lowest BCUT2D eigenvalue weighted by atomic mass is 10.0. The molecule has 1 aliphatic rings. The number of hydrogen-bond acceptors (Lipinski definition) is 4. The van der Waals surface area contributed by atoms with Gasteiger partial charge in [0.05, 0.1) is 16.8 Å². The van der Waals surface area contributed by atoms with E-state index in [1.807, 2.05) is 36.4 Å². The molecule has 0 radical (unpaired) electrons. The van der Waals surface area contributed by atoms with E-state index >= 15 is 0 Å². The Morgan fingerprint density at radius 2 is 1.96 bits per heavy atom. The van der Waals surface area contributed by atoms with Gasteiger partial charge in [0.2, 0.25) is 5.43 Å². The first-order valence-electron chi connectivity index (χ1n) is 8.93. The quantitative estimate of drug-likeness (QED) is 0.702. The lowest BCUT2D eigenvalue weighted by Gasteiger charge is -2.25. The van der Waals surface area contributed by atoms with E-state index in [1.165, 1.54) is 10.7 Å². The average Bonchev–Trinajstić information content (AvgIpc) is 2.69. The molecule has 1 N–H and O–H groups in total. The summed E-state index contributed by atoms with van der Waals surface area (Å²) >= 11 is 8.05. The number of rotatable bonds is 3. The van der Waals surface area contributed by atoms with Gasteiger partial charge in [-0.3, -0.25) is 9.59 Å². The van der Waals surface area contributed by atoms with Crippen molar-refractivity contribution in [1.29, 1.82) is 0 Å². The van der Waals surface area contributed by atoms with Gasteiger partial charge in [0, 0.05) is 22.4 Å². The first kappa shape index (κ1) is 18.8. The molecule has 3 aromatic rings. The first-order valence-corrected chi connectivity index (χ1v) is 10.3. The molecule has 7 heteroatoms. The molecule has 28 heavy (non-hydrogen) atoms. The zero-order chi connectivity index (χ0) is 19.7. The molecule has 0 fully saturated rings. The van der Waals surface area contributed by atoms with Gasteiger partial charge in [0.1, 0.15) is 0 Å². The van der Waals surface area contributed by atoms with E-state index in [-0.39, 0.29) is 11.7 Å². The number of nitrogens with one attached hydrogen (secondary N) is 1. The highest BCUT2D eigenvalue weighted by Crippen LogP contribution is 2.35. The van der Waals surface area contributed by atoms with Crippen molar-refractivity contribution in [1.82, 2.24) is 15.1 Å². The number of nitrogens with zero attached hydrogens (tertiary/aromatic N) is 2. The number of hydrogen-bond donors (Lipinski definition) is 1. The number of amides is 1. The molecule has 142 valence electrons. The van der Waals surface area contributed by atoms with E-state index in [0.29, 0.717) is 16.4 Å². The number of para-hydroxylation sites is 1. The lowest BCUT2D eigenvalue weighted by Crippen LogP contribution is -2.35. The topological polar surface area (TPSA) is 64.0 Å². The zero-order valence-electron chi connectivity index (χ0n) is 15.2. The summed E-state index contributed by atoms with van der Waals surface area (Å²) in [6.45, 7) is 1.76. The molecule has 0 saturated heterocycles. The van der Waals surface area contributed by atoms with Gasteiger partial charge in [0.15, 0.2) is 5.69 Å². The maximum absolute atomic E-state index is 12.9. The monoisotopic (exact) mass is 411 g/mol. The molecule has 0 spiro atoms. The van der Waals surface area contributed by atoms with Gasteiger partial charge >= 0.3 is 0 Å². The number of halogens is 1. The highest BCUT2D eigenvalue weighted by atomic mass is 35.5. The maximum Gasteiger partial charge on any atom is 0.276 e. The van der Waals surface area contributed by atoms with E-state index < -0.39 is 11.3 Å². The van der Waals surface area contributed by atoms with Crippen LogP contribution < -0.4 is 10.7 Å². The van der Waals surface area contributed by atoms with Crippen LogP contribution in [-0.2, 0) is 0 Å². The van der Waals surface area contributed by atoms with Crippen molar-refractivity contribution in [3.05, 3.63) is 86.8 Å². The molecular formula is C21H18ClN3O2S. The predicted molar refractivity (Wildman–Crippen MR) is 112 cm³/mol. The SMILES string of the molecule is Cc1cc(=O)c(C(=O)NC2CCSc3ccccc32)nn1-c1ccccc1Cl. The summed E-state index contributed by atoms with van der Waals surface area (Å²) in [5, 5.41) is 7.80. The molecule has 1 atom stereocenters. The van der Waals surface area contributed by atoms with Crippen molar-refractivity contribution in [3.63, 3.8) is 0 Å². The van der Waals surface area contributed by atoms with E-state index in [9.17, 15) is 9.59 Å². The number of fused-ring (bicyclic) bond motifs is 1. The molecule has 4 rings (SSSR count). The lowest BCUT2D eigenvalue weighted by molar-refractivity contribution is 0.0927. The van der Waals surface area contributed by atoms with Crippen LogP contribution in [-0.4, -0.2) is 21.4 Å². The third-order valence-electron chi connectivity index (χ3n) is 4.67. The van der Waals surface area contributed by atoms with Crippen molar-refractivity contribution < 1.29 is 4.79 Å². The normalized spacial score (nSPS) is 15.7. The largest absolute Gasteiger partial charge is 0.344 e. The average molecular weight is 412 g/mol. The fraction of sp³-hybridized carbons (Fsp3) is 0.190. The molecule has 0 saturated carbocycles. The van der Waals surface area contributed by atoms with Crippen LogP contribution in [0.4, 0.5) is 0 Å². The Morgan fingerprint density at radius 1 is 1.21 bits per heavy atom. The van der Waals surface area contributed by atoms with Crippen LogP contribution in [0.2, 0.25) is 5.02 Å². The fourth-order valence-electron chi connectivity index (χ4n) is 3.29. The predicted octanol–water partition coefficient (Wildman–Crippen LogP) is 4.16. The Hall–Kier alpha value is -2.57. The van der Waals surface area contributed by atoms with Crippen LogP contribution in [0.5, 0.6) is 0 Å². The van der Waals surface area contributed by atoms with Gasteiger partial charge in [-0.1, -0.05) is 41.9 Å². The second-order valence-corrected chi connectivity index (χ2v) is 8.11. The summed E-state index contributed by atoms with van der Waals surface area (Å²) in [6.07, 6.45) is 0.804. The summed E-state index contributed by atoms with van der Waals surface area (Å²) in [4.78, 5) is 26.5. The molecule has 0 bridgehead atoms. The Balaban J connectivity index is 1.68. The van der Waals surface area contributed by atoms with Crippen LogP contribution >= 0.6 is 23.4 Å². The third-order valence-corrected chi connectivity index (χ3v) is 6.11. The molecule has 2 aromatic carbocycles. The van der Waals surface area contributed by atoms with Crippen molar-refractivity contribution in [2.75, 3.05) is 5.75 Å². The van der Waals surface area contributed by atoms with Gasteiger partial charge in [-0.05, 0) is 37.1 Å². The van der Waals surface area contributed by atoms with E-state index in [0.717, 1.165) is 22.6 Å². The zero-order valence-corrected chi connectivity index (χ0v) is 16.8. The maximum atomic E-state index is 12.9. The number of carbonyl (C=O) groups excluding carboxylic acids is 1. The van der Waals surface area contributed by atoms with E-state index in [2.05, 4.69) is 10.4 Å². The highest BCUT2D eigenvalue weighted by molar-refractivity contribution is 7.99. The number of thioether (sulfide) groups is 1. The van der Waals surface area contributed by atoms with Gasteiger partial charge in [-0.2, -0.15) is 5.10 Å². The van der Waals surface area contributed by atoms with Crippen molar-refractivity contribution >= 4 is 29.3 Å². The van der Waals surface area contributed by atoms with Crippen LogP contribution in [0.25, 0.3) is 5.69 Å². The summed E-state index contributed by atoms with van der Waals surface area (Å²) in [5.41, 5.74) is 1.76. The third kappa shape index (κ3) is 3.57. The van der Waals surface area contributed by atoms with Gasteiger partial charge in [-0.25, -0.2) is 4.68 Å². The van der Waals surface area contributed by atoms with Crippen LogP contribution in [0.15, 0.2) is 64.3 Å².